The van der Waals surface area contributed by atoms with Crippen LogP contribution >= 0.6 is 0 Å². The Balaban J connectivity index is 1.55. The van der Waals surface area contributed by atoms with Crippen LogP contribution in [0.4, 0.5) is 4.39 Å². The van der Waals surface area contributed by atoms with E-state index in [0.717, 1.165) is 0 Å². The molecular weight excluding hydrogens is 447 g/mol. The Bertz CT molecular complexity index is 982. The zero-order valence-corrected chi connectivity index (χ0v) is 20.1. The van der Waals surface area contributed by atoms with Crippen LogP contribution in [0.2, 0.25) is 0 Å². The SMILES string of the molecule is CC(=O)OCC(=O)[C@@]1(OC(C)=O)CC[C@H]2[C@@H]3CCC45O[C@H]4C(=O)CC[C@]5(C)[C@@]3(F)[C@@H](O)C[C@@]21C. The summed E-state index contributed by atoms with van der Waals surface area (Å²) in [6, 6.07) is 0. The highest BCUT2D eigenvalue weighted by molar-refractivity contribution is 5.93. The Hall–Kier alpha value is -1.87. The van der Waals surface area contributed by atoms with Gasteiger partial charge in [-0.15, -0.1) is 0 Å². The van der Waals surface area contributed by atoms with Gasteiger partial charge >= 0.3 is 11.9 Å². The second kappa shape index (κ2) is 7.09. The monoisotopic (exact) mass is 480 g/mol. The largest absolute Gasteiger partial charge is 0.458 e. The second-order valence-corrected chi connectivity index (χ2v) is 11.5. The van der Waals surface area contributed by atoms with Gasteiger partial charge < -0.3 is 19.3 Å². The van der Waals surface area contributed by atoms with Gasteiger partial charge in [0.15, 0.2) is 18.0 Å². The van der Waals surface area contributed by atoms with Crippen molar-refractivity contribution in [2.75, 3.05) is 6.61 Å². The van der Waals surface area contributed by atoms with Crippen molar-refractivity contribution >= 4 is 23.5 Å². The van der Waals surface area contributed by atoms with Gasteiger partial charge in [-0.25, -0.2) is 4.39 Å². The van der Waals surface area contributed by atoms with Crippen LogP contribution in [0.3, 0.4) is 0 Å². The van der Waals surface area contributed by atoms with Crippen LogP contribution in [0.25, 0.3) is 0 Å². The molecule has 8 nitrogen and oxygen atoms in total. The van der Waals surface area contributed by atoms with Gasteiger partial charge in [-0.05, 0) is 50.4 Å². The topological polar surface area (TPSA) is 120 Å². The van der Waals surface area contributed by atoms with E-state index in [-0.39, 0.29) is 31.0 Å². The van der Waals surface area contributed by atoms with E-state index < -0.39 is 70.2 Å². The summed E-state index contributed by atoms with van der Waals surface area (Å²) in [5.74, 6) is -2.76. The van der Waals surface area contributed by atoms with Crippen molar-refractivity contribution in [3.63, 3.8) is 0 Å². The van der Waals surface area contributed by atoms with Crippen molar-refractivity contribution in [1.82, 2.24) is 0 Å². The first-order chi connectivity index (χ1) is 15.8. The molecule has 0 bridgehead atoms. The number of esters is 2. The molecule has 1 unspecified atom stereocenters. The van der Waals surface area contributed by atoms with Crippen LogP contribution in [0.15, 0.2) is 0 Å². The van der Waals surface area contributed by atoms with Crippen LogP contribution in [0.1, 0.15) is 72.6 Å². The molecule has 34 heavy (non-hydrogen) atoms. The van der Waals surface area contributed by atoms with Gasteiger partial charge in [0.1, 0.15) is 17.4 Å². The lowest BCUT2D eigenvalue weighted by molar-refractivity contribution is -0.257. The molecule has 5 fully saturated rings. The maximum Gasteiger partial charge on any atom is 0.303 e. The van der Waals surface area contributed by atoms with Crippen molar-refractivity contribution in [2.24, 2.45) is 22.7 Å². The number of aliphatic hydroxyl groups is 1. The Morgan fingerprint density at radius 2 is 1.76 bits per heavy atom. The molecule has 5 aliphatic rings. The number of alkyl halides is 1. The van der Waals surface area contributed by atoms with Crippen LogP contribution in [-0.2, 0) is 33.4 Å². The number of ketones is 2. The van der Waals surface area contributed by atoms with E-state index in [1.807, 2.05) is 0 Å². The number of carbonyl (C=O) groups excluding carboxylic acids is 4. The molecule has 1 spiro atoms. The molecular formula is C25H33FO8. The fourth-order valence-electron chi connectivity index (χ4n) is 8.70. The molecule has 0 amide bonds. The van der Waals surface area contributed by atoms with E-state index in [4.69, 9.17) is 14.2 Å². The predicted molar refractivity (Wildman–Crippen MR) is 114 cm³/mol. The molecule has 1 saturated heterocycles. The molecule has 4 saturated carbocycles. The molecule has 1 heterocycles. The van der Waals surface area contributed by atoms with Gasteiger partial charge in [-0.2, -0.15) is 0 Å². The number of carbonyl (C=O) groups is 4. The Morgan fingerprint density at radius 1 is 1.09 bits per heavy atom. The number of aliphatic hydroxyl groups excluding tert-OH is 1. The average Bonchev–Trinajstić information content (AvgIpc) is 3.44. The highest BCUT2D eigenvalue weighted by Gasteiger charge is 2.84. The van der Waals surface area contributed by atoms with E-state index >= 15 is 4.39 Å². The van der Waals surface area contributed by atoms with E-state index in [2.05, 4.69) is 0 Å². The molecule has 5 rings (SSSR count). The molecule has 1 N–H and O–H groups in total. The quantitative estimate of drug-likeness (QED) is 0.481. The highest BCUT2D eigenvalue weighted by Crippen LogP contribution is 2.75. The molecule has 9 atom stereocenters. The molecule has 4 aliphatic carbocycles. The summed E-state index contributed by atoms with van der Waals surface area (Å²) < 4.78 is 34.0. The average molecular weight is 481 g/mol. The van der Waals surface area contributed by atoms with Gasteiger partial charge in [0, 0.05) is 31.1 Å². The molecule has 188 valence electrons. The molecule has 0 aromatic rings. The van der Waals surface area contributed by atoms with Crippen LogP contribution < -0.4 is 0 Å². The number of ether oxygens (including phenoxy) is 3. The summed E-state index contributed by atoms with van der Waals surface area (Å²) in [4.78, 5) is 49.3. The normalized spacial score (nSPS) is 50.8. The van der Waals surface area contributed by atoms with Crippen molar-refractivity contribution in [1.29, 1.82) is 0 Å². The van der Waals surface area contributed by atoms with Gasteiger partial charge in [-0.3, -0.25) is 19.2 Å². The van der Waals surface area contributed by atoms with Crippen LogP contribution in [0, 0.1) is 22.7 Å². The van der Waals surface area contributed by atoms with Crippen LogP contribution in [0.5, 0.6) is 0 Å². The van der Waals surface area contributed by atoms with Crippen molar-refractivity contribution < 1.29 is 42.9 Å². The predicted octanol–water partition coefficient (Wildman–Crippen LogP) is 2.23. The maximum absolute atomic E-state index is 17.4. The number of halogens is 1. The fourth-order valence-corrected chi connectivity index (χ4v) is 8.70. The minimum absolute atomic E-state index is 0.000437. The Labute approximate surface area is 197 Å². The van der Waals surface area contributed by atoms with Gasteiger partial charge in [-0.1, -0.05) is 13.8 Å². The summed E-state index contributed by atoms with van der Waals surface area (Å²) in [6.07, 6.45) is -0.0855. The molecule has 0 aromatic carbocycles. The standard InChI is InChI=1S/C25H33FO8/c1-13(27)32-12-19(31)23(33-14(2)28)9-5-15-16-6-10-24-20(34-24)17(29)7-8-22(24,4)25(16,26)18(30)11-21(15,23)3/h15-16,18,20,30H,5-12H2,1-4H3/t15-,16-,18-,20-,21-,22-,23-,24?,25-/m0/s1. The van der Waals surface area contributed by atoms with E-state index in [1.54, 1.807) is 13.8 Å². The zero-order chi connectivity index (χ0) is 24.9. The molecule has 1 aliphatic heterocycles. The van der Waals surface area contributed by atoms with Gasteiger partial charge in [0.2, 0.25) is 5.78 Å². The van der Waals surface area contributed by atoms with E-state index in [0.29, 0.717) is 25.7 Å². The lowest BCUT2D eigenvalue weighted by atomic mass is 9.41. The maximum atomic E-state index is 17.4. The van der Waals surface area contributed by atoms with Crippen molar-refractivity contribution in [3.05, 3.63) is 0 Å². The first kappa shape index (κ1) is 23.9. The molecule has 9 heteroatoms. The summed E-state index contributed by atoms with van der Waals surface area (Å²) in [6.45, 7) is 5.44. The Kier molecular flexibility index (Phi) is 4.97. The number of fused-ring (bicyclic) bond motifs is 4. The third-order valence-electron chi connectivity index (χ3n) is 10.3. The first-order valence-corrected chi connectivity index (χ1v) is 12.2. The van der Waals surface area contributed by atoms with E-state index in [1.165, 1.54) is 13.8 Å². The summed E-state index contributed by atoms with van der Waals surface area (Å²) >= 11 is 0. The minimum atomic E-state index is -2.00. The van der Waals surface area contributed by atoms with E-state index in [9.17, 15) is 24.3 Å². The van der Waals surface area contributed by atoms with Crippen LogP contribution in [-0.4, -0.2) is 64.3 Å². The molecule has 0 radical (unpaired) electrons. The number of epoxide rings is 1. The summed E-state index contributed by atoms with van der Waals surface area (Å²) in [7, 11) is 0. The number of rotatable bonds is 4. The molecule has 0 aromatic heterocycles. The minimum Gasteiger partial charge on any atom is -0.458 e. The summed E-state index contributed by atoms with van der Waals surface area (Å²) in [5.41, 5.74) is -6.56. The number of hydrogen-bond acceptors (Lipinski definition) is 8. The smallest absolute Gasteiger partial charge is 0.303 e. The van der Waals surface area contributed by atoms with Gasteiger partial charge in [0.05, 0.1) is 6.10 Å². The lowest BCUT2D eigenvalue weighted by Crippen LogP contribution is -2.73. The zero-order valence-electron chi connectivity index (χ0n) is 20.1. The van der Waals surface area contributed by atoms with Crippen molar-refractivity contribution in [3.8, 4) is 0 Å². The third-order valence-corrected chi connectivity index (χ3v) is 10.3. The highest BCUT2D eigenvalue weighted by atomic mass is 19.1. The number of hydrogen-bond donors (Lipinski definition) is 1. The first-order valence-electron chi connectivity index (χ1n) is 12.2. The second-order valence-electron chi connectivity index (χ2n) is 11.5. The lowest BCUT2D eigenvalue weighted by Gasteiger charge is -2.64. The Morgan fingerprint density at radius 3 is 2.41 bits per heavy atom. The van der Waals surface area contributed by atoms with Crippen molar-refractivity contribution in [2.45, 2.75) is 102 Å². The number of Topliss-reactive ketones (excluding diaryl/α,β-unsaturated/α-hetero) is 2. The summed E-state index contributed by atoms with van der Waals surface area (Å²) in [5, 5.41) is 11.5. The fraction of sp³-hybridized carbons (Fsp3) is 0.840. The van der Waals surface area contributed by atoms with Gasteiger partial charge in [0.25, 0.3) is 0 Å². The third kappa shape index (κ3) is 2.60.